The number of aromatic amines is 1. The van der Waals surface area contributed by atoms with E-state index in [1.54, 1.807) is 11.0 Å². The molecule has 0 aromatic carbocycles. The number of fused-ring (bicyclic) bond motifs is 1. The number of aryl methyl sites for hydroxylation is 2. The Hall–Kier alpha value is -2.74. The Kier molecular flexibility index (Phi) is 3.96. The minimum atomic E-state index is -0.334. The van der Waals surface area contributed by atoms with Crippen molar-refractivity contribution >= 4 is 17.0 Å². The van der Waals surface area contributed by atoms with Crippen molar-refractivity contribution in [2.45, 2.75) is 26.4 Å². The molecule has 8 heteroatoms. The van der Waals surface area contributed by atoms with Gasteiger partial charge in [-0.1, -0.05) is 6.92 Å². The lowest BCUT2D eigenvalue weighted by atomic mass is 10.2. The summed E-state index contributed by atoms with van der Waals surface area (Å²) in [6, 6.07) is 5.38. The molecule has 1 saturated heterocycles. The number of pyridine rings is 1. The minimum absolute atomic E-state index is 0.171. The Balaban J connectivity index is 1.54. The third-order valence-electron chi connectivity index (χ3n) is 4.25. The zero-order valence-electron chi connectivity index (χ0n) is 14.2. The summed E-state index contributed by atoms with van der Waals surface area (Å²) in [7, 11) is 0. The number of hydrogen-bond donors (Lipinski definition) is 1. The summed E-state index contributed by atoms with van der Waals surface area (Å²) in [4.78, 5) is 23.3. The highest BCUT2D eigenvalue weighted by Crippen LogP contribution is 2.23. The molecule has 1 atom stereocenters. The zero-order valence-corrected chi connectivity index (χ0v) is 14.2. The molecule has 4 rings (SSSR count). The molecule has 1 aliphatic rings. The van der Waals surface area contributed by atoms with Crippen molar-refractivity contribution in [1.29, 1.82) is 0 Å². The fraction of sp³-hybridized carbons (Fsp3) is 0.412. The van der Waals surface area contributed by atoms with E-state index in [-0.39, 0.29) is 17.8 Å². The molecule has 25 heavy (non-hydrogen) atoms. The third kappa shape index (κ3) is 3.00. The van der Waals surface area contributed by atoms with Crippen LogP contribution >= 0.6 is 0 Å². The van der Waals surface area contributed by atoms with Crippen LogP contribution in [0.3, 0.4) is 0 Å². The summed E-state index contributed by atoms with van der Waals surface area (Å²) in [5.74, 6) is 1.50. The number of rotatable bonds is 3. The first-order valence-electron chi connectivity index (χ1n) is 8.33. The Bertz CT molecular complexity index is 916. The van der Waals surface area contributed by atoms with Gasteiger partial charge in [0.25, 0.3) is 5.91 Å². The molecular weight excluding hydrogens is 322 g/mol. The molecule has 1 amide bonds. The second kappa shape index (κ2) is 6.29. The van der Waals surface area contributed by atoms with Gasteiger partial charge in [0.05, 0.1) is 13.2 Å². The van der Waals surface area contributed by atoms with E-state index in [9.17, 15) is 4.79 Å². The normalized spacial score (nSPS) is 18.0. The minimum Gasteiger partial charge on any atom is -0.449 e. The van der Waals surface area contributed by atoms with Gasteiger partial charge < -0.3 is 14.1 Å². The fourth-order valence-electron chi connectivity index (χ4n) is 2.89. The van der Waals surface area contributed by atoms with Gasteiger partial charge >= 0.3 is 0 Å². The molecule has 1 N–H and O–H groups in total. The molecule has 8 nitrogen and oxygen atoms in total. The standard InChI is InChI=1S/C17H19N5O3/c1-3-15-19-16(21-20-15)14-9-22(6-7-24-14)17(23)13-8-11-12(25-13)5-4-10(2)18-11/h4-5,8,14H,3,6-7,9H2,1-2H3,(H,19,20,21). The summed E-state index contributed by atoms with van der Waals surface area (Å²) in [5, 5.41) is 7.07. The molecule has 1 unspecified atom stereocenters. The average molecular weight is 341 g/mol. The Morgan fingerprint density at radius 1 is 1.40 bits per heavy atom. The maximum Gasteiger partial charge on any atom is 0.289 e. The number of amides is 1. The van der Waals surface area contributed by atoms with Crippen molar-refractivity contribution < 1.29 is 13.9 Å². The number of H-pyrrole nitrogens is 1. The number of ether oxygens (including phenoxy) is 1. The largest absolute Gasteiger partial charge is 0.449 e. The van der Waals surface area contributed by atoms with Crippen LogP contribution in [0.15, 0.2) is 22.6 Å². The van der Waals surface area contributed by atoms with Gasteiger partial charge in [-0.15, -0.1) is 0 Å². The second-order valence-electron chi connectivity index (χ2n) is 6.05. The van der Waals surface area contributed by atoms with Crippen LogP contribution in [0.4, 0.5) is 0 Å². The maximum atomic E-state index is 12.8. The van der Waals surface area contributed by atoms with Crippen LogP contribution in [0.2, 0.25) is 0 Å². The number of furan rings is 1. The molecule has 3 aromatic heterocycles. The van der Waals surface area contributed by atoms with Crippen molar-refractivity contribution in [3.05, 3.63) is 41.3 Å². The fourth-order valence-corrected chi connectivity index (χ4v) is 2.89. The number of nitrogens with zero attached hydrogens (tertiary/aromatic N) is 4. The first kappa shape index (κ1) is 15.8. The van der Waals surface area contributed by atoms with Gasteiger partial charge in [-0.25, -0.2) is 9.97 Å². The molecule has 130 valence electrons. The Labute approximate surface area is 144 Å². The molecule has 0 bridgehead atoms. The topological polar surface area (TPSA) is 97.1 Å². The lowest BCUT2D eigenvalue weighted by Gasteiger charge is -2.30. The van der Waals surface area contributed by atoms with Crippen molar-refractivity contribution in [2.75, 3.05) is 19.7 Å². The van der Waals surface area contributed by atoms with Crippen LogP contribution in [0.25, 0.3) is 11.1 Å². The highest BCUT2D eigenvalue weighted by atomic mass is 16.5. The molecule has 1 aliphatic heterocycles. The Morgan fingerprint density at radius 2 is 2.28 bits per heavy atom. The second-order valence-corrected chi connectivity index (χ2v) is 6.05. The monoisotopic (exact) mass is 341 g/mol. The van der Waals surface area contributed by atoms with E-state index in [0.717, 1.165) is 17.9 Å². The third-order valence-corrected chi connectivity index (χ3v) is 4.25. The zero-order chi connectivity index (χ0) is 17.4. The highest BCUT2D eigenvalue weighted by molar-refractivity contribution is 5.95. The lowest BCUT2D eigenvalue weighted by molar-refractivity contribution is -0.0275. The van der Waals surface area contributed by atoms with E-state index < -0.39 is 0 Å². The van der Waals surface area contributed by atoms with E-state index in [4.69, 9.17) is 9.15 Å². The van der Waals surface area contributed by atoms with Crippen LogP contribution in [-0.2, 0) is 11.2 Å². The number of carbonyl (C=O) groups excluding carboxylic acids is 1. The van der Waals surface area contributed by atoms with E-state index in [0.29, 0.717) is 36.6 Å². The Morgan fingerprint density at radius 3 is 3.08 bits per heavy atom. The molecule has 3 aromatic rings. The van der Waals surface area contributed by atoms with Crippen molar-refractivity contribution in [3.8, 4) is 0 Å². The molecule has 0 saturated carbocycles. The number of nitrogens with one attached hydrogen (secondary N) is 1. The van der Waals surface area contributed by atoms with Gasteiger partial charge in [-0.05, 0) is 19.1 Å². The predicted octanol–water partition coefficient (Wildman–Crippen LogP) is 2.03. The number of hydrogen-bond acceptors (Lipinski definition) is 6. The summed E-state index contributed by atoms with van der Waals surface area (Å²) in [5.41, 5.74) is 2.19. The van der Waals surface area contributed by atoms with Gasteiger partial charge in [-0.2, -0.15) is 5.10 Å². The smallest absolute Gasteiger partial charge is 0.289 e. The summed E-state index contributed by atoms with van der Waals surface area (Å²) < 4.78 is 11.4. The van der Waals surface area contributed by atoms with Gasteiger partial charge in [0.2, 0.25) is 0 Å². The molecule has 1 fully saturated rings. The molecule has 0 radical (unpaired) electrons. The maximum absolute atomic E-state index is 12.8. The summed E-state index contributed by atoms with van der Waals surface area (Å²) in [6.07, 6.45) is 0.437. The van der Waals surface area contributed by atoms with Crippen molar-refractivity contribution in [1.82, 2.24) is 25.1 Å². The van der Waals surface area contributed by atoms with Crippen molar-refractivity contribution in [3.63, 3.8) is 0 Å². The van der Waals surface area contributed by atoms with Crippen LogP contribution in [0.1, 0.15) is 40.9 Å². The van der Waals surface area contributed by atoms with Crippen LogP contribution in [0.5, 0.6) is 0 Å². The van der Waals surface area contributed by atoms with E-state index in [1.807, 2.05) is 26.0 Å². The summed E-state index contributed by atoms with van der Waals surface area (Å²) in [6.45, 7) is 5.23. The predicted molar refractivity (Wildman–Crippen MR) is 89.1 cm³/mol. The van der Waals surface area contributed by atoms with E-state index in [2.05, 4.69) is 20.2 Å². The van der Waals surface area contributed by atoms with Crippen LogP contribution in [-0.4, -0.2) is 50.7 Å². The van der Waals surface area contributed by atoms with Gasteiger partial charge in [0, 0.05) is 24.7 Å². The van der Waals surface area contributed by atoms with E-state index in [1.165, 1.54) is 0 Å². The molecule has 0 aliphatic carbocycles. The number of carbonyl (C=O) groups is 1. The van der Waals surface area contributed by atoms with Crippen molar-refractivity contribution in [2.24, 2.45) is 0 Å². The van der Waals surface area contributed by atoms with Gasteiger partial charge in [0.15, 0.2) is 17.2 Å². The number of morpholine rings is 1. The first-order chi connectivity index (χ1) is 12.1. The SMILES string of the molecule is CCc1nc(C2CN(C(=O)c3cc4nc(C)ccc4o3)CCO2)n[nH]1. The first-order valence-corrected chi connectivity index (χ1v) is 8.33. The van der Waals surface area contributed by atoms with Gasteiger partial charge in [-0.3, -0.25) is 9.89 Å². The van der Waals surface area contributed by atoms with E-state index >= 15 is 0 Å². The quantitative estimate of drug-likeness (QED) is 0.783. The van der Waals surface area contributed by atoms with Crippen LogP contribution < -0.4 is 0 Å². The average Bonchev–Trinajstić information content (AvgIpc) is 3.27. The molecular formula is C17H19N5O3. The molecule has 4 heterocycles. The number of aromatic nitrogens is 4. The highest BCUT2D eigenvalue weighted by Gasteiger charge is 2.30. The molecule has 0 spiro atoms. The summed E-state index contributed by atoms with van der Waals surface area (Å²) >= 11 is 0. The van der Waals surface area contributed by atoms with Crippen LogP contribution in [0, 0.1) is 6.92 Å². The lowest BCUT2D eigenvalue weighted by Crippen LogP contribution is -2.42. The van der Waals surface area contributed by atoms with Gasteiger partial charge in [0.1, 0.15) is 17.4 Å².